The number of hydrogen-bond donors (Lipinski definition) is 1. The van der Waals surface area contributed by atoms with E-state index in [9.17, 15) is 8.42 Å². The lowest BCUT2D eigenvalue weighted by atomic mass is 9.82. The van der Waals surface area contributed by atoms with Crippen molar-refractivity contribution in [2.75, 3.05) is 40.1 Å². The van der Waals surface area contributed by atoms with Crippen molar-refractivity contribution in [1.82, 2.24) is 4.90 Å². The van der Waals surface area contributed by atoms with Gasteiger partial charge in [0, 0.05) is 19.5 Å². The van der Waals surface area contributed by atoms with E-state index < -0.39 is 10.1 Å². The molecule has 1 atom stereocenters. The van der Waals surface area contributed by atoms with Gasteiger partial charge in [-0.05, 0) is 73.0 Å². The van der Waals surface area contributed by atoms with Crippen molar-refractivity contribution >= 4 is 10.1 Å². The largest absolute Gasteiger partial charge is 0.496 e. The molecule has 0 unspecified atom stereocenters. The zero-order chi connectivity index (χ0) is 22.4. The van der Waals surface area contributed by atoms with Crippen LogP contribution in [0.2, 0.25) is 0 Å². The standard InChI is InChI=1S/C23H29NO2.CH4O3S/c1-24(13-11-17-9-10-22-18(15-17)12-14-26-22)16-19-5-3-7-21-20(19)6-4-8-23(21)25-2;1-5(2,3)4/h4,6,8-10,15,19H,3,5,7,11-14,16H2,1-2H3;1H3,(H,2,3,4)/t19-;/m0./s1. The molecule has 0 fully saturated rings. The Morgan fingerprint density at radius 1 is 1.23 bits per heavy atom. The predicted molar refractivity (Wildman–Crippen MR) is 123 cm³/mol. The first-order chi connectivity index (χ1) is 14.7. The van der Waals surface area contributed by atoms with Gasteiger partial charge in [0.25, 0.3) is 10.1 Å². The first-order valence-electron chi connectivity index (χ1n) is 10.8. The first kappa shape index (κ1) is 23.6. The van der Waals surface area contributed by atoms with Crippen molar-refractivity contribution < 1.29 is 22.4 Å². The maximum absolute atomic E-state index is 9.19. The molecule has 0 spiro atoms. The van der Waals surface area contributed by atoms with E-state index in [2.05, 4.69) is 48.3 Å². The maximum atomic E-state index is 9.19. The molecule has 4 rings (SSSR count). The highest BCUT2D eigenvalue weighted by molar-refractivity contribution is 7.85. The summed E-state index contributed by atoms with van der Waals surface area (Å²) in [5, 5.41) is 0. The zero-order valence-corrected chi connectivity index (χ0v) is 19.5. The summed E-state index contributed by atoms with van der Waals surface area (Å²) in [5.74, 6) is 2.76. The highest BCUT2D eigenvalue weighted by Crippen LogP contribution is 2.37. The van der Waals surface area contributed by atoms with Crippen LogP contribution in [0.4, 0.5) is 0 Å². The minimum Gasteiger partial charge on any atom is -0.496 e. The van der Waals surface area contributed by atoms with Gasteiger partial charge in [-0.1, -0.05) is 24.3 Å². The van der Waals surface area contributed by atoms with Crippen molar-refractivity contribution in [3.05, 3.63) is 58.7 Å². The zero-order valence-electron chi connectivity index (χ0n) is 18.6. The monoisotopic (exact) mass is 447 g/mol. The Morgan fingerprint density at radius 2 is 2.00 bits per heavy atom. The molecule has 0 radical (unpaired) electrons. The third-order valence-electron chi connectivity index (χ3n) is 5.88. The molecule has 0 amide bonds. The second-order valence-electron chi connectivity index (χ2n) is 8.40. The SMILES string of the molecule is COc1cccc2c1CCC[C@H]2CN(C)CCc1ccc2c(c1)CCO2.CS(=O)(=O)O. The van der Waals surface area contributed by atoms with Gasteiger partial charge in [-0.2, -0.15) is 8.42 Å². The van der Waals surface area contributed by atoms with Crippen LogP contribution in [0.25, 0.3) is 0 Å². The summed E-state index contributed by atoms with van der Waals surface area (Å²) in [6, 6.07) is 13.2. The molecule has 0 bridgehead atoms. The summed E-state index contributed by atoms with van der Waals surface area (Å²) in [6.07, 6.45) is 6.56. The highest BCUT2D eigenvalue weighted by atomic mass is 32.2. The Kier molecular flexibility index (Phi) is 7.97. The van der Waals surface area contributed by atoms with Gasteiger partial charge in [0.1, 0.15) is 11.5 Å². The molecule has 2 aromatic carbocycles. The van der Waals surface area contributed by atoms with Crippen LogP contribution in [-0.2, 0) is 29.4 Å². The number of benzene rings is 2. The van der Waals surface area contributed by atoms with E-state index in [1.807, 2.05) is 0 Å². The Morgan fingerprint density at radius 3 is 2.74 bits per heavy atom. The van der Waals surface area contributed by atoms with Crippen LogP contribution in [0.15, 0.2) is 36.4 Å². The molecule has 2 aliphatic rings. The topological polar surface area (TPSA) is 76.1 Å². The van der Waals surface area contributed by atoms with Crippen LogP contribution in [0.5, 0.6) is 11.5 Å². The molecule has 1 N–H and O–H groups in total. The predicted octanol–water partition coefficient (Wildman–Crippen LogP) is 3.73. The van der Waals surface area contributed by atoms with E-state index in [1.54, 1.807) is 7.11 Å². The molecule has 2 aromatic rings. The lowest BCUT2D eigenvalue weighted by Crippen LogP contribution is -2.28. The number of rotatable bonds is 6. The summed E-state index contributed by atoms with van der Waals surface area (Å²) in [6.45, 7) is 3.05. The fourth-order valence-electron chi connectivity index (χ4n) is 4.48. The van der Waals surface area contributed by atoms with E-state index in [4.69, 9.17) is 14.0 Å². The third kappa shape index (κ3) is 6.95. The average molecular weight is 448 g/mol. The molecule has 1 aliphatic carbocycles. The maximum Gasteiger partial charge on any atom is 0.261 e. The van der Waals surface area contributed by atoms with E-state index >= 15 is 0 Å². The van der Waals surface area contributed by atoms with Gasteiger partial charge < -0.3 is 14.4 Å². The third-order valence-corrected chi connectivity index (χ3v) is 5.88. The first-order valence-corrected chi connectivity index (χ1v) is 12.6. The van der Waals surface area contributed by atoms with Crippen LogP contribution in [0, 0.1) is 0 Å². The minimum absolute atomic E-state index is 0.618. The van der Waals surface area contributed by atoms with Crippen molar-refractivity contribution in [3.8, 4) is 11.5 Å². The van der Waals surface area contributed by atoms with Gasteiger partial charge >= 0.3 is 0 Å². The highest BCUT2D eigenvalue weighted by Gasteiger charge is 2.23. The van der Waals surface area contributed by atoms with Crippen molar-refractivity contribution in [1.29, 1.82) is 0 Å². The molecule has 31 heavy (non-hydrogen) atoms. The Hall–Kier alpha value is -2.09. The van der Waals surface area contributed by atoms with Crippen LogP contribution in [0.1, 0.15) is 41.0 Å². The summed E-state index contributed by atoms with van der Waals surface area (Å²) in [5.41, 5.74) is 5.72. The molecule has 6 nitrogen and oxygen atoms in total. The number of hydrogen-bond acceptors (Lipinski definition) is 5. The van der Waals surface area contributed by atoms with E-state index in [0.717, 1.165) is 50.5 Å². The quantitative estimate of drug-likeness (QED) is 0.680. The molecule has 7 heteroatoms. The lowest BCUT2D eigenvalue weighted by molar-refractivity contribution is 0.299. The van der Waals surface area contributed by atoms with Crippen LogP contribution in [0.3, 0.4) is 0 Å². The second-order valence-corrected chi connectivity index (χ2v) is 9.87. The summed E-state index contributed by atoms with van der Waals surface area (Å²) >= 11 is 0. The van der Waals surface area contributed by atoms with Gasteiger partial charge in [-0.15, -0.1) is 0 Å². The summed E-state index contributed by atoms with van der Waals surface area (Å²) in [4.78, 5) is 2.49. The van der Waals surface area contributed by atoms with Gasteiger partial charge in [0.2, 0.25) is 0 Å². The van der Waals surface area contributed by atoms with Crippen molar-refractivity contribution in [3.63, 3.8) is 0 Å². The molecule has 0 saturated carbocycles. The van der Waals surface area contributed by atoms with Crippen LogP contribution < -0.4 is 9.47 Å². The number of ether oxygens (including phenoxy) is 2. The van der Waals surface area contributed by atoms with Gasteiger partial charge in [-0.3, -0.25) is 4.55 Å². The van der Waals surface area contributed by atoms with Gasteiger partial charge in [-0.25, -0.2) is 0 Å². The van der Waals surface area contributed by atoms with Crippen LogP contribution >= 0.6 is 0 Å². The second kappa shape index (κ2) is 10.5. The minimum atomic E-state index is -3.67. The fourth-order valence-corrected chi connectivity index (χ4v) is 4.48. The number of nitrogens with zero attached hydrogens (tertiary/aromatic N) is 1. The Balaban J connectivity index is 0.000000491. The lowest BCUT2D eigenvalue weighted by Gasteiger charge is -2.30. The van der Waals surface area contributed by atoms with E-state index in [1.165, 1.54) is 35.1 Å². The molecule has 1 heterocycles. The van der Waals surface area contributed by atoms with Crippen LogP contribution in [-0.4, -0.2) is 58.0 Å². The molecule has 170 valence electrons. The normalized spacial score (nSPS) is 17.3. The van der Waals surface area contributed by atoms with Gasteiger partial charge in [0.05, 0.1) is 20.0 Å². The Labute approximate surface area is 185 Å². The number of likely N-dealkylation sites (N-methyl/N-ethyl adjacent to an activating group) is 1. The number of methoxy groups -OCH3 is 1. The molecular weight excluding hydrogens is 414 g/mol. The molecule has 1 aliphatic heterocycles. The van der Waals surface area contributed by atoms with Gasteiger partial charge in [0.15, 0.2) is 0 Å². The molecular formula is C24H33NO5S. The Bertz CT molecular complexity index is 981. The van der Waals surface area contributed by atoms with E-state index in [0.29, 0.717) is 12.2 Å². The van der Waals surface area contributed by atoms with Crippen molar-refractivity contribution in [2.45, 2.75) is 38.0 Å². The number of fused-ring (bicyclic) bond motifs is 2. The molecule has 0 saturated heterocycles. The molecule has 0 aromatic heterocycles. The smallest absolute Gasteiger partial charge is 0.261 e. The average Bonchev–Trinajstić information content (AvgIpc) is 3.19. The van der Waals surface area contributed by atoms with E-state index in [-0.39, 0.29) is 0 Å². The fraction of sp³-hybridized carbons (Fsp3) is 0.500. The summed E-state index contributed by atoms with van der Waals surface area (Å²) < 4.78 is 37.1. The summed E-state index contributed by atoms with van der Waals surface area (Å²) in [7, 11) is 0.373. The van der Waals surface area contributed by atoms with Crippen molar-refractivity contribution in [2.24, 2.45) is 0 Å².